The van der Waals surface area contributed by atoms with E-state index in [2.05, 4.69) is 34.9 Å². The molecule has 0 saturated heterocycles. The lowest BCUT2D eigenvalue weighted by atomic mass is 10.1. The molecule has 0 amide bonds. The smallest absolute Gasteiger partial charge is 0.0835 e. The van der Waals surface area contributed by atoms with E-state index in [4.69, 9.17) is 11.6 Å². The van der Waals surface area contributed by atoms with E-state index < -0.39 is 0 Å². The first-order valence-electron chi connectivity index (χ1n) is 5.52. The molecule has 1 heterocycles. The minimum absolute atomic E-state index is 0.404. The molecule has 0 fully saturated rings. The summed E-state index contributed by atoms with van der Waals surface area (Å²) in [5.41, 5.74) is 3.35. The number of aromatic nitrogens is 2. The third kappa shape index (κ3) is 2.40. The molecule has 0 unspecified atom stereocenters. The Balaban J connectivity index is 2.60. The minimum atomic E-state index is 0.404. The highest BCUT2D eigenvalue weighted by molar-refractivity contribution is 9.08. The SMILES string of the molecule is CC(C)c1c(CBr)cnn1-c1ccccc1Cl. The van der Waals surface area contributed by atoms with Crippen molar-refractivity contribution in [1.29, 1.82) is 0 Å². The van der Waals surface area contributed by atoms with Crippen LogP contribution in [0.5, 0.6) is 0 Å². The maximum atomic E-state index is 6.22. The molecule has 17 heavy (non-hydrogen) atoms. The molecule has 0 saturated carbocycles. The average molecular weight is 314 g/mol. The number of hydrogen-bond acceptors (Lipinski definition) is 1. The fourth-order valence-electron chi connectivity index (χ4n) is 1.93. The van der Waals surface area contributed by atoms with Gasteiger partial charge in [0.05, 0.1) is 22.6 Å². The molecule has 1 aromatic carbocycles. The summed E-state index contributed by atoms with van der Waals surface area (Å²) in [5.74, 6) is 0.404. The minimum Gasteiger partial charge on any atom is -0.236 e. The molecule has 0 aliphatic carbocycles. The zero-order chi connectivity index (χ0) is 12.4. The highest BCUT2D eigenvalue weighted by atomic mass is 79.9. The number of hydrogen-bond donors (Lipinski definition) is 0. The second-order valence-electron chi connectivity index (χ2n) is 4.21. The summed E-state index contributed by atoms with van der Waals surface area (Å²) < 4.78 is 1.93. The molecular weight excluding hydrogens is 300 g/mol. The molecule has 0 bridgehead atoms. The Kier molecular flexibility index (Phi) is 3.89. The van der Waals surface area contributed by atoms with Crippen LogP contribution in [0.2, 0.25) is 5.02 Å². The van der Waals surface area contributed by atoms with Crippen LogP contribution >= 0.6 is 27.5 Å². The summed E-state index contributed by atoms with van der Waals surface area (Å²) in [6.45, 7) is 4.33. The molecule has 0 atom stereocenters. The lowest BCUT2D eigenvalue weighted by Crippen LogP contribution is -2.05. The van der Waals surface area contributed by atoms with Crippen molar-refractivity contribution in [2.45, 2.75) is 25.1 Å². The van der Waals surface area contributed by atoms with E-state index in [-0.39, 0.29) is 0 Å². The van der Waals surface area contributed by atoms with E-state index in [1.54, 1.807) is 0 Å². The first kappa shape index (κ1) is 12.7. The van der Waals surface area contributed by atoms with Gasteiger partial charge in [-0.3, -0.25) is 0 Å². The van der Waals surface area contributed by atoms with Crippen LogP contribution in [0.25, 0.3) is 5.69 Å². The van der Waals surface area contributed by atoms with Gasteiger partial charge in [0.25, 0.3) is 0 Å². The fourth-order valence-corrected chi connectivity index (χ4v) is 2.57. The van der Waals surface area contributed by atoms with Crippen molar-refractivity contribution in [2.24, 2.45) is 0 Å². The fraction of sp³-hybridized carbons (Fsp3) is 0.308. The zero-order valence-corrected chi connectivity index (χ0v) is 12.2. The third-order valence-electron chi connectivity index (χ3n) is 2.66. The van der Waals surface area contributed by atoms with E-state index in [1.807, 2.05) is 35.1 Å². The van der Waals surface area contributed by atoms with Crippen LogP contribution in [-0.4, -0.2) is 9.78 Å². The van der Waals surface area contributed by atoms with Crippen molar-refractivity contribution < 1.29 is 0 Å². The molecule has 1 aromatic heterocycles. The average Bonchev–Trinajstić information content (AvgIpc) is 2.73. The summed E-state index contributed by atoms with van der Waals surface area (Å²) in [4.78, 5) is 0. The number of nitrogens with zero attached hydrogens (tertiary/aromatic N) is 2. The maximum Gasteiger partial charge on any atom is 0.0835 e. The van der Waals surface area contributed by atoms with Gasteiger partial charge in [0.15, 0.2) is 0 Å². The second-order valence-corrected chi connectivity index (χ2v) is 5.17. The Bertz CT molecular complexity index is 520. The van der Waals surface area contributed by atoms with Gasteiger partial charge >= 0.3 is 0 Å². The van der Waals surface area contributed by atoms with Crippen LogP contribution in [0.4, 0.5) is 0 Å². The van der Waals surface area contributed by atoms with E-state index in [0.29, 0.717) is 5.92 Å². The Morgan fingerprint density at radius 3 is 2.65 bits per heavy atom. The van der Waals surface area contributed by atoms with Crippen molar-refractivity contribution in [1.82, 2.24) is 9.78 Å². The summed E-state index contributed by atoms with van der Waals surface area (Å²) in [7, 11) is 0. The molecule has 0 spiro atoms. The third-order valence-corrected chi connectivity index (χ3v) is 3.58. The standard InChI is InChI=1S/C13H14BrClN2/c1-9(2)13-10(7-14)8-16-17(13)12-6-4-3-5-11(12)15/h3-6,8-9H,7H2,1-2H3. The van der Waals surface area contributed by atoms with Crippen molar-refractivity contribution in [2.75, 3.05) is 0 Å². The highest BCUT2D eigenvalue weighted by Gasteiger charge is 2.15. The molecule has 0 aliphatic heterocycles. The number of para-hydroxylation sites is 1. The summed E-state index contributed by atoms with van der Waals surface area (Å²) in [5, 5.41) is 5.97. The number of halogens is 2. The van der Waals surface area contributed by atoms with Gasteiger partial charge in [-0.2, -0.15) is 5.10 Å². The van der Waals surface area contributed by atoms with E-state index in [1.165, 1.54) is 11.3 Å². The molecule has 90 valence electrons. The van der Waals surface area contributed by atoms with Crippen LogP contribution in [0.1, 0.15) is 31.0 Å². The summed E-state index contributed by atoms with van der Waals surface area (Å²) in [6.07, 6.45) is 1.90. The topological polar surface area (TPSA) is 17.8 Å². The quantitative estimate of drug-likeness (QED) is 0.760. The normalized spacial score (nSPS) is 11.1. The zero-order valence-electron chi connectivity index (χ0n) is 9.82. The predicted octanol–water partition coefficient (Wildman–Crippen LogP) is 4.54. The van der Waals surface area contributed by atoms with Gasteiger partial charge in [-0.15, -0.1) is 0 Å². The van der Waals surface area contributed by atoms with Crippen LogP contribution in [0.15, 0.2) is 30.5 Å². The van der Waals surface area contributed by atoms with Gasteiger partial charge in [0, 0.05) is 10.9 Å². The molecular formula is C13H14BrClN2. The summed E-state index contributed by atoms with van der Waals surface area (Å²) in [6, 6.07) is 7.77. The molecule has 2 nitrogen and oxygen atoms in total. The molecule has 2 rings (SSSR count). The predicted molar refractivity (Wildman–Crippen MR) is 75.3 cm³/mol. The van der Waals surface area contributed by atoms with Crippen molar-refractivity contribution in [3.05, 3.63) is 46.7 Å². The van der Waals surface area contributed by atoms with Gasteiger partial charge in [-0.1, -0.05) is 53.5 Å². The second kappa shape index (κ2) is 5.23. The molecule has 0 radical (unpaired) electrons. The van der Waals surface area contributed by atoms with Crippen LogP contribution in [0, 0.1) is 0 Å². The lowest BCUT2D eigenvalue weighted by Gasteiger charge is -2.13. The molecule has 4 heteroatoms. The Morgan fingerprint density at radius 2 is 2.06 bits per heavy atom. The van der Waals surface area contributed by atoms with Gasteiger partial charge in [0.1, 0.15) is 0 Å². The van der Waals surface area contributed by atoms with Gasteiger partial charge in [-0.05, 0) is 18.1 Å². The first-order chi connectivity index (χ1) is 8.15. The maximum absolute atomic E-state index is 6.22. The van der Waals surface area contributed by atoms with Crippen molar-refractivity contribution >= 4 is 27.5 Å². The van der Waals surface area contributed by atoms with Crippen molar-refractivity contribution in [3.63, 3.8) is 0 Å². The van der Waals surface area contributed by atoms with Crippen LogP contribution < -0.4 is 0 Å². The largest absolute Gasteiger partial charge is 0.236 e. The number of benzene rings is 1. The molecule has 2 aromatic rings. The highest BCUT2D eigenvalue weighted by Crippen LogP contribution is 2.27. The van der Waals surface area contributed by atoms with E-state index >= 15 is 0 Å². The van der Waals surface area contributed by atoms with E-state index in [9.17, 15) is 0 Å². The number of alkyl halides is 1. The Morgan fingerprint density at radius 1 is 1.35 bits per heavy atom. The van der Waals surface area contributed by atoms with Crippen LogP contribution in [0.3, 0.4) is 0 Å². The molecule has 0 aliphatic rings. The monoisotopic (exact) mass is 312 g/mol. The molecule has 0 N–H and O–H groups in total. The lowest BCUT2D eigenvalue weighted by molar-refractivity contribution is 0.730. The van der Waals surface area contributed by atoms with Crippen LogP contribution in [-0.2, 0) is 5.33 Å². The number of rotatable bonds is 3. The first-order valence-corrected chi connectivity index (χ1v) is 7.02. The summed E-state index contributed by atoms with van der Waals surface area (Å²) >= 11 is 9.71. The Labute approximate surface area is 115 Å². The van der Waals surface area contributed by atoms with Gasteiger partial charge in [-0.25, -0.2) is 4.68 Å². The van der Waals surface area contributed by atoms with Crippen molar-refractivity contribution in [3.8, 4) is 5.69 Å². The van der Waals surface area contributed by atoms with Gasteiger partial charge < -0.3 is 0 Å². The van der Waals surface area contributed by atoms with Gasteiger partial charge in [0.2, 0.25) is 0 Å². The van der Waals surface area contributed by atoms with E-state index in [0.717, 1.165) is 16.0 Å². The Hall–Kier alpha value is -0.800.